The van der Waals surface area contributed by atoms with Crippen molar-refractivity contribution in [3.63, 3.8) is 0 Å². The first kappa shape index (κ1) is 21.4. The fourth-order valence-corrected chi connectivity index (χ4v) is 2.78. The highest BCUT2D eigenvalue weighted by Crippen LogP contribution is 2.13. The summed E-state index contributed by atoms with van der Waals surface area (Å²) < 4.78 is 0. The Balaban J connectivity index is 2.99. The molecule has 0 aromatic carbocycles. The summed E-state index contributed by atoms with van der Waals surface area (Å²) in [5.41, 5.74) is 0. The Morgan fingerprint density at radius 1 is 0.591 bits per heavy atom. The molecule has 0 aromatic heterocycles. The molecule has 0 bridgehead atoms. The molecule has 0 aliphatic heterocycles. The van der Waals surface area contributed by atoms with Gasteiger partial charge in [-0.3, -0.25) is 4.79 Å². The molecule has 0 aromatic rings. The van der Waals surface area contributed by atoms with Crippen LogP contribution in [0.25, 0.3) is 0 Å². The standard InChI is InChI=1S/C21H39O/c1-2-3-4-5-6-7-8-9-10-11-12-13-14-15-16-17-18-19-20-21-22/h5-6H,2-4,7-20H2,1H3/b6-5+. The Bertz CT molecular complexity index is 232. The van der Waals surface area contributed by atoms with E-state index in [1.807, 2.05) is 6.29 Å². The summed E-state index contributed by atoms with van der Waals surface area (Å²) in [7, 11) is 0. The minimum atomic E-state index is 0.633. The van der Waals surface area contributed by atoms with Gasteiger partial charge in [0, 0.05) is 6.42 Å². The van der Waals surface area contributed by atoms with E-state index in [1.165, 1.54) is 96.3 Å². The molecule has 129 valence electrons. The molecule has 0 saturated heterocycles. The molecule has 0 spiro atoms. The van der Waals surface area contributed by atoms with Gasteiger partial charge in [-0.2, -0.15) is 0 Å². The number of hydrogen-bond acceptors (Lipinski definition) is 1. The first-order valence-electron chi connectivity index (χ1n) is 9.91. The van der Waals surface area contributed by atoms with Crippen LogP contribution in [-0.4, -0.2) is 6.29 Å². The smallest absolute Gasteiger partial charge is 0.198 e. The van der Waals surface area contributed by atoms with Crippen LogP contribution in [0.4, 0.5) is 0 Å². The Hall–Kier alpha value is -0.590. The normalized spacial score (nSPS) is 11.3. The zero-order valence-corrected chi connectivity index (χ0v) is 15.1. The molecule has 1 radical (unpaired) electrons. The van der Waals surface area contributed by atoms with E-state index < -0.39 is 0 Å². The third-order valence-electron chi connectivity index (χ3n) is 4.29. The van der Waals surface area contributed by atoms with Crippen molar-refractivity contribution in [2.24, 2.45) is 0 Å². The molecule has 0 amide bonds. The highest BCUT2D eigenvalue weighted by Gasteiger charge is 1.93. The molecule has 1 nitrogen and oxygen atoms in total. The Labute approximate surface area is 140 Å². The van der Waals surface area contributed by atoms with Crippen LogP contribution in [-0.2, 0) is 4.79 Å². The van der Waals surface area contributed by atoms with Gasteiger partial charge in [0.05, 0.1) is 0 Å². The second kappa shape index (κ2) is 20.4. The quantitative estimate of drug-likeness (QED) is 0.192. The Morgan fingerprint density at radius 2 is 1.00 bits per heavy atom. The van der Waals surface area contributed by atoms with Crippen LogP contribution in [0.5, 0.6) is 0 Å². The van der Waals surface area contributed by atoms with Crippen LogP contribution in [0.15, 0.2) is 12.2 Å². The molecule has 0 unspecified atom stereocenters. The molecular formula is C21H39O. The maximum Gasteiger partial charge on any atom is 0.198 e. The number of hydrogen-bond donors (Lipinski definition) is 0. The average Bonchev–Trinajstić information content (AvgIpc) is 2.54. The van der Waals surface area contributed by atoms with Gasteiger partial charge in [0.1, 0.15) is 0 Å². The highest BCUT2D eigenvalue weighted by atomic mass is 16.1. The molecule has 22 heavy (non-hydrogen) atoms. The zero-order valence-electron chi connectivity index (χ0n) is 15.1. The van der Waals surface area contributed by atoms with Gasteiger partial charge < -0.3 is 0 Å². The zero-order chi connectivity index (χ0) is 16.1. The SMILES string of the molecule is CCCC/C=C/CCCCCCCCCCCCCC[C]=O. The van der Waals surface area contributed by atoms with Crippen molar-refractivity contribution in [1.29, 1.82) is 0 Å². The fourth-order valence-electron chi connectivity index (χ4n) is 2.78. The summed E-state index contributed by atoms with van der Waals surface area (Å²) >= 11 is 0. The lowest BCUT2D eigenvalue weighted by Crippen LogP contribution is -1.83. The average molecular weight is 308 g/mol. The monoisotopic (exact) mass is 307 g/mol. The van der Waals surface area contributed by atoms with E-state index >= 15 is 0 Å². The predicted molar refractivity (Wildman–Crippen MR) is 99.0 cm³/mol. The van der Waals surface area contributed by atoms with Crippen LogP contribution >= 0.6 is 0 Å². The van der Waals surface area contributed by atoms with Crippen molar-refractivity contribution < 1.29 is 4.79 Å². The van der Waals surface area contributed by atoms with E-state index in [9.17, 15) is 4.79 Å². The summed E-state index contributed by atoms with van der Waals surface area (Å²) in [6.07, 6.45) is 28.7. The summed E-state index contributed by atoms with van der Waals surface area (Å²) in [6.45, 7) is 2.25. The molecule has 1 heteroatoms. The van der Waals surface area contributed by atoms with Crippen molar-refractivity contribution >= 4 is 6.29 Å². The lowest BCUT2D eigenvalue weighted by Gasteiger charge is -2.02. The van der Waals surface area contributed by atoms with E-state index in [-0.39, 0.29) is 0 Å². The van der Waals surface area contributed by atoms with E-state index in [0.717, 1.165) is 6.42 Å². The second-order valence-corrected chi connectivity index (χ2v) is 6.54. The van der Waals surface area contributed by atoms with Crippen LogP contribution < -0.4 is 0 Å². The Kier molecular flexibility index (Phi) is 19.9. The minimum absolute atomic E-state index is 0.633. The molecular weight excluding hydrogens is 268 g/mol. The van der Waals surface area contributed by atoms with Gasteiger partial charge >= 0.3 is 0 Å². The van der Waals surface area contributed by atoms with Crippen LogP contribution in [0.1, 0.15) is 116 Å². The fraction of sp³-hybridized carbons (Fsp3) is 0.857. The van der Waals surface area contributed by atoms with Crippen LogP contribution in [0.3, 0.4) is 0 Å². The van der Waals surface area contributed by atoms with E-state index in [4.69, 9.17) is 0 Å². The maximum absolute atomic E-state index is 10.0. The van der Waals surface area contributed by atoms with E-state index in [0.29, 0.717) is 6.42 Å². The third kappa shape index (κ3) is 19.4. The second-order valence-electron chi connectivity index (χ2n) is 6.54. The van der Waals surface area contributed by atoms with Crippen molar-refractivity contribution in [3.05, 3.63) is 12.2 Å². The summed E-state index contributed by atoms with van der Waals surface area (Å²) in [6, 6.07) is 0. The Morgan fingerprint density at radius 3 is 1.45 bits per heavy atom. The minimum Gasteiger partial charge on any atom is -0.291 e. The molecule has 0 atom stereocenters. The van der Waals surface area contributed by atoms with Crippen molar-refractivity contribution in [3.8, 4) is 0 Å². The number of allylic oxidation sites excluding steroid dienone is 2. The lowest BCUT2D eigenvalue weighted by molar-refractivity contribution is 0.532. The summed E-state index contributed by atoms with van der Waals surface area (Å²) in [4.78, 5) is 10.0. The van der Waals surface area contributed by atoms with Crippen LogP contribution in [0, 0.1) is 0 Å². The molecule has 0 rings (SSSR count). The summed E-state index contributed by atoms with van der Waals surface area (Å²) in [5, 5.41) is 0. The first-order chi connectivity index (χ1) is 10.9. The molecule has 0 aliphatic carbocycles. The molecule has 0 N–H and O–H groups in total. The first-order valence-corrected chi connectivity index (χ1v) is 9.91. The maximum atomic E-state index is 10.0. The highest BCUT2D eigenvalue weighted by molar-refractivity contribution is 5.50. The van der Waals surface area contributed by atoms with Crippen LogP contribution in [0.2, 0.25) is 0 Å². The molecule has 0 fully saturated rings. The van der Waals surface area contributed by atoms with Gasteiger partial charge in [-0.15, -0.1) is 0 Å². The number of carbonyl (C=O) groups excluding carboxylic acids is 1. The molecule has 0 aliphatic rings. The van der Waals surface area contributed by atoms with E-state index in [1.54, 1.807) is 0 Å². The van der Waals surface area contributed by atoms with Gasteiger partial charge in [-0.1, -0.05) is 96.1 Å². The number of unbranched alkanes of at least 4 members (excludes halogenated alkanes) is 15. The van der Waals surface area contributed by atoms with Gasteiger partial charge in [0.25, 0.3) is 0 Å². The van der Waals surface area contributed by atoms with Gasteiger partial charge in [-0.25, -0.2) is 0 Å². The number of rotatable bonds is 18. The van der Waals surface area contributed by atoms with E-state index in [2.05, 4.69) is 19.1 Å². The largest absolute Gasteiger partial charge is 0.291 e. The molecule has 0 saturated carbocycles. The molecule has 0 heterocycles. The van der Waals surface area contributed by atoms with Gasteiger partial charge in [0.15, 0.2) is 6.29 Å². The summed E-state index contributed by atoms with van der Waals surface area (Å²) in [5.74, 6) is 0. The van der Waals surface area contributed by atoms with Crippen molar-refractivity contribution in [1.82, 2.24) is 0 Å². The van der Waals surface area contributed by atoms with Gasteiger partial charge in [0.2, 0.25) is 0 Å². The topological polar surface area (TPSA) is 17.1 Å². The van der Waals surface area contributed by atoms with Crippen molar-refractivity contribution in [2.45, 2.75) is 116 Å². The third-order valence-corrected chi connectivity index (χ3v) is 4.29. The predicted octanol–water partition coefficient (Wildman–Crippen LogP) is 7.30. The lowest BCUT2D eigenvalue weighted by atomic mass is 10.0. The van der Waals surface area contributed by atoms with Gasteiger partial charge in [-0.05, 0) is 25.7 Å². The van der Waals surface area contributed by atoms with Crippen molar-refractivity contribution in [2.75, 3.05) is 0 Å².